The molecule has 8 heteroatoms. The minimum Gasteiger partial charge on any atom is -0.481 e. The lowest BCUT2D eigenvalue weighted by atomic mass is 9.98. The van der Waals surface area contributed by atoms with Gasteiger partial charge in [-0.15, -0.1) is 0 Å². The first-order chi connectivity index (χ1) is 9.42. The molecule has 0 amide bonds. The summed E-state index contributed by atoms with van der Waals surface area (Å²) in [6.07, 6.45) is 5.73. The summed E-state index contributed by atoms with van der Waals surface area (Å²) in [4.78, 5) is 10.4. The third kappa shape index (κ3) is 6.65. The van der Waals surface area contributed by atoms with Crippen LogP contribution >= 0.6 is 0 Å². The fourth-order valence-corrected chi connectivity index (χ4v) is 3.00. The van der Waals surface area contributed by atoms with Crippen molar-refractivity contribution in [1.29, 1.82) is 0 Å². The van der Waals surface area contributed by atoms with Crippen molar-refractivity contribution in [3.63, 3.8) is 0 Å². The van der Waals surface area contributed by atoms with Gasteiger partial charge in [-0.25, -0.2) is 0 Å². The van der Waals surface area contributed by atoms with Gasteiger partial charge >= 0.3 is 5.97 Å². The molecule has 1 rings (SSSR count). The van der Waals surface area contributed by atoms with Crippen LogP contribution in [0.2, 0.25) is 0 Å². The standard InChI is InChI=1S/C12H24N2O5S/c1-14(9-7-12(15)16)20(17,18)13-8-10-19-11-5-3-2-4-6-11/h11,13H,2-10H2,1H3,(H,15,16). The summed E-state index contributed by atoms with van der Waals surface area (Å²) in [5.41, 5.74) is 0. The van der Waals surface area contributed by atoms with Gasteiger partial charge in [0.25, 0.3) is 10.2 Å². The van der Waals surface area contributed by atoms with Crippen LogP contribution in [-0.4, -0.2) is 56.6 Å². The highest BCUT2D eigenvalue weighted by atomic mass is 32.2. The Hall–Kier alpha value is -0.700. The molecule has 20 heavy (non-hydrogen) atoms. The number of ether oxygens (including phenoxy) is 1. The van der Waals surface area contributed by atoms with Crippen LogP contribution in [0.3, 0.4) is 0 Å². The lowest BCUT2D eigenvalue weighted by Crippen LogP contribution is -2.40. The zero-order valence-electron chi connectivity index (χ0n) is 11.9. The Bertz CT molecular complexity index is 393. The first-order valence-corrected chi connectivity index (χ1v) is 8.40. The van der Waals surface area contributed by atoms with Crippen LogP contribution in [0.4, 0.5) is 0 Å². The molecule has 118 valence electrons. The zero-order chi connectivity index (χ0) is 15.0. The molecule has 0 aromatic carbocycles. The summed E-state index contributed by atoms with van der Waals surface area (Å²) in [6, 6.07) is 0. The molecule has 0 aliphatic heterocycles. The molecular formula is C12H24N2O5S. The number of carboxylic acids is 1. The van der Waals surface area contributed by atoms with Crippen molar-refractivity contribution in [3.8, 4) is 0 Å². The molecule has 0 saturated heterocycles. The SMILES string of the molecule is CN(CCC(=O)O)S(=O)(=O)NCCOC1CCCCC1. The summed E-state index contributed by atoms with van der Waals surface area (Å²) < 4.78 is 32.5. The van der Waals surface area contributed by atoms with E-state index in [2.05, 4.69) is 4.72 Å². The van der Waals surface area contributed by atoms with Crippen molar-refractivity contribution in [2.75, 3.05) is 26.7 Å². The number of carboxylic acid groups (broad SMARTS) is 1. The molecule has 0 atom stereocenters. The topological polar surface area (TPSA) is 95.9 Å². The average molecular weight is 308 g/mol. The Morgan fingerprint density at radius 2 is 2.00 bits per heavy atom. The van der Waals surface area contributed by atoms with Gasteiger partial charge in [-0.3, -0.25) is 4.79 Å². The number of nitrogens with zero attached hydrogens (tertiary/aromatic N) is 1. The summed E-state index contributed by atoms with van der Waals surface area (Å²) in [5.74, 6) is -1.02. The molecule has 0 aromatic heterocycles. The van der Waals surface area contributed by atoms with Gasteiger partial charge in [-0.05, 0) is 12.8 Å². The number of carbonyl (C=O) groups is 1. The quantitative estimate of drug-likeness (QED) is 0.607. The summed E-state index contributed by atoms with van der Waals surface area (Å²) in [7, 11) is -2.26. The van der Waals surface area contributed by atoms with E-state index >= 15 is 0 Å². The van der Waals surface area contributed by atoms with Gasteiger partial charge < -0.3 is 9.84 Å². The Balaban J connectivity index is 2.19. The molecule has 0 unspecified atom stereocenters. The Labute approximate surface area is 120 Å². The first kappa shape index (κ1) is 17.4. The molecule has 0 aromatic rings. The van der Waals surface area contributed by atoms with E-state index in [1.165, 1.54) is 26.3 Å². The van der Waals surface area contributed by atoms with Gasteiger partial charge in [0, 0.05) is 20.1 Å². The minimum absolute atomic E-state index is 0.0475. The van der Waals surface area contributed by atoms with Crippen molar-refractivity contribution < 1.29 is 23.1 Å². The molecule has 0 radical (unpaired) electrons. The fourth-order valence-electron chi connectivity index (χ4n) is 2.11. The molecule has 2 N–H and O–H groups in total. The average Bonchev–Trinajstić information content (AvgIpc) is 2.42. The van der Waals surface area contributed by atoms with Gasteiger partial charge in [-0.2, -0.15) is 17.4 Å². The van der Waals surface area contributed by atoms with E-state index in [1.54, 1.807) is 0 Å². The second-order valence-corrected chi connectivity index (χ2v) is 6.86. The number of rotatable bonds is 9. The summed E-state index contributed by atoms with van der Waals surface area (Å²) in [5, 5.41) is 8.52. The number of hydrogen-bond acceptors (Lipinski definition) is 4. The lowest BCUT2D eigenvalue weighted by molar-refractivity contribution is -0.137. The van der Waals surface area contributed by atoms with Gasteiger partial charge in [0.2, 0.25) is 0 Å². The smallest absolute Gasteiger partial charge is 0.304 e. The van der Waals surface area contributed by atoms with Crippen molar-refractivity contribution >= 4 is 16.2 Å². The molecule has 0 heterocycles. The third-order valence-corrected chi connectivity index (χ3v) is 4.92. The molecule has 1 saturated carbocycles. The van der Waals surface area contributed by atoms with E-state index < -0.39 is 16.2 Å². The van der Waals surface area contributed by atoms with E-state index in [9.17, 15) is 13.2 Å². The molecular weight excluding hydrogens is 284 g/mol. The first-order valence-electron chi connectivity index (χ1n) is 6.96. The maximum Gasteiger partial charge on any atom is 0.304 e. The van der Waals surface area contributed by atoms with Crippen molar-refractivity contribution in [3.05, 3.63) is 0 Å². The van der Waals surface area contributed by atoms with Crippen molar-refractivity contribution in [2.24, 2.45) is 0 Å². The number of aliphatic carboxylic acids is 1. The molecule has 0 spiro atoms. The Morgan fingerprint density at radius 1 is 1.35 bits per heavy atom. The van der Waals surface area contributed by atoms with Crippen molar-refractivity contribution in [2.45, 2.75) is 44.6 Å². The fraction of sp³-hybridized carbons (Fsp3) is 0.917. The van der Waals surface area contributed by atoms with Crippen LogP contribution in [0.5, 0.6) is 0 Å². The third-order valence-electron chi connectivity index (χ3n) is 3.34. The van der Waals surface area contributed by atoms with Gasteiger partial charge in [0.05, 0.1) is 19.1 Å². The second-order valence-electron chi connectivity index (χ2n) is 5.00. The number of nitrogens with one attached hydrogen (secondary N) is 1. The lowest BCUT2D eigenvalue weighted by Gasteiger charge is -2.22. The van der Waals surface area contributed by atoms with Crippen molar-refractivity contribution in [1.82, 2.24) is 9.03 Å². The Morgan fingerprint density at radius 3 is 2.60 bits per heavy atom. The van der Waals surface area contributed by atoms with Gasteiger partial charge in [-0.1, -0.05) is 19.3 Å². The predicted molar refractivity (Wildman–Crippen MR) is 74.6 cm³/mol. The summed E-state index contributed by atoms with van der Waals surface area (Å²) in [6.45, 7) is 0.501. The van der Waals surface area contributed by atoms with E-state index in [-0.39, 0.29) is 25.6 Å². The van der Waals surface area contributed by atoms with Gasteiger partial charge in [0.1, 0.15) is 0 Å². The summed E-state index contributed by atoms with van der Waals surface area (Å²) >= 11 is 0. The maximum atomic E-state index is 11.8. The molecule has 1 aliphatic carbocycles. The molecule has 1 fully saturated rings. The highest BCUT2D eigenvalue weighted by molar-refractivity contribution is 7.87. The van der Waals surface area contributed by atoms with E-state index in [4.69, 9.17) is 9.84 Å². The van der Waals surface area contributed by atoms with Gasteiger partial charge in [0.15, 0.2) is 0 Å². The van der Waals surface area contributed by atoms with Crippen LogP contribution in [0.15, 0.2) is 0 Å². The van der Waals surface area contributed by atoms with E-state index in [0.29, 0.717) is 6.61 Å². The zero-order valence-corrected chi connectivity index (χ0v) is 12.7. The molecule has 1 aliphatic rings. The minimum atomic E-state index is -3.62. The maximum absolute atomic E-state index is 11.8. The monoisotopic (exact) mass is 308 g/mol. The van der Waals surface area contributed by atoms with Crippen LogP contribution in [0.25, 0.3) is 0 Å². The molecule has 0 bridgehead atoms. The van der Waals surface area contributed by atoms with E-state index in [1.807, 2.05) is 0 Å². The molecule has 7 nitrogen and oxygen atoms in total. The van der Waals surface area contributed by atoms with E-state index in [0.717, 1.165) is 17.1 Å². The second kappa shape index (κ2) is 8.56. The highest BCUT2D eigenvalue weighted by Gasteiger charge is 2.18. The Kier molecular flexibility index (Phi) is 7.42. The van der Waals surface area contributed by atoms with Crippen LogP contribution in [0.1, 0.15) is 38.5 Å². The van der Waals surface area contributed by atoms with Crippen LogP contribution in [-0.2, 0) is 19.7 Å². The normalized spacial score (nSPS) is 17.5. The van der Waals surface area contributed by atoms with Crippen LogP contribution in [0, 0.1) is 0 Å². The largest absolute Gasteiger partial charge is 0.481 e. The van der Waals surface area contributed by atoms with Crippen LogP contribution < -0.4 is 4.72 Å². The predicted octanol–water partition coefficient (Wildman–Crippen LogP) is 0.577. The highest BCUT2D eigenvalue weighted by Crippen LogP contribution is 2.19. The number of hydrogen-bond donors (Lipinski definition) is 2.